The second kappa shape index (κ2) is 14.1. The Hall–Kier alpha value is -3.46. The van der Waals surface area contributed by atoms with Gasteiger partial charge in [0.15, 0.2) is 0 Å². The van der Waals surface area contributed by atoms with Crippen molar-refractivity contribution in [2.24, 2.45) is 11.8 Å². The van der Waals surface area contributed by atoms with Crippen LogP contribution in [-0.4, -0.2) is 29.1 Å². The molecule has 3 aromatic rings. The van der Waals surface area contributed by atoms with E-state index in [0.717, 1.165) is 42.9 Å². The van der Waals surface area contributed by atoms with Gasteiger partial charge >= 0.3 is 5.97 Å². The number of benzene rings is 3. The lowest BCUT2D eigenvalue weighted by Gasteiger charge is -2.26. The topological polar surface area (TPSA) is 49.8 Å². The maximum atomic E-state index is 11.2. The van der Waals surface area contributed by atoms with Crippen molar-refractivity contribution in [1.29, 1.82) is 0 Å². The highest BCUT2D eigenvalue weighted by Crippen LogP contribution is 2.35. The van der Waals surface area contributed by atoms with E-state index in [1.54, 1.807) is 6.92 Å². The lowest BCUT2D eigenvalue weighted by atomic mass is 9.86. The summed E-state index contributed by atoms with van der Waals surface area (Å²) < 4.78 is 6.03. The number of carboxylic acid groups (broad SMARTS) is 1. The van der Waals surface area contributed by atoms with Crippen molar-refractivity contribution >= 4 is 24.2 Å². The van der Waals surface area contributed by atoms with Gasteiger partial charge in [-0.15, -0.1) is 5.92 Å². The van der Waals surface area contributed by atoms with E-state index in [2.05, 4.69) is 77.4 Å². The van der Waals surface area contributed by atoms with Gasteiger partial charge in [0.1, 0.15) is 12.4 Å². The Morgan fingerprint density at radius 2 is 1.72 bits per heavy atom. The predicted molar refractivity (Wildman–Crippen MR) is 162 cm³/mol. The normalized spacial score (nSPS) is 15.8. The van der Waals surface area contributed by atoms with E-state index < -0.39 is 5.97 Å². The SMILES string of the molecule is CC#C[C@@H](C(C)CC(=O)O)C(S)c1ccc(OCc2ccc(CN3CC=C(c4ccccc4)CC3)cc2)cc1. The van der Waals surface area contributed by atoms with Gasteiger partial charge in [0, 0.05) is 37.2 Å². The van der Waals surface area contributed by atoms with Crippen molar-refractivity contribution in [3.8, 4) is 17.6 Å². The van der Waals surface area contributed by atoms with Gasteiger partial charge in [-0.1, -0.05) is 85.7 Å². The summed E-state index contributed by atoms with van der Waals surface area (Å²) in [5.41, 5.74) is 6.21. The second-order valence-corrected chi connectivity index (χ2v) is 10.8. The van der Waals surface area contributed by atoms with E-state index in [1.165, 1.54) is 16.7 Å². The second-order valence-electron chi connectivity index (χ2n) is 10.2. The van der Waals surface area contributed by atoms with Gasteiger partial charge in [0.2, 0.25) is 0 Å². The molecule has 0 spiro atoms. The average Bonchev–Trinajstić information content (AvgIpc) is 2.96. The van der Waals surface area contributed by atoms with Crippen molar-refractivity contribution in [2.45, 2.75) is 45.1 Å². The van der Waals surface area contributed by atoms with Crippen LogP contribution in [0.25, 0.3) is 5.57 Å². The molecule has 202 valence electrons. The number of nitrogens with zero attached hydrogens (tertiary/aromatic N) is 1. The first-order valence-corrected chi connectivity index (χ1v) is 14.0. The molecule has 1 aliphatic heterocycles. The van der Waals surface area contributed by atoms with Gasteiger partial charge < -0.3 is 9.84 Å². The Morgan fingerprint density at radius 1 is 1.03 bits per heavy atom. The summed E-state index contributed by atoms with van der Waals surface area (Å²) in [4.78, 5) is 13.7. The Kier molecular flexibility index (Phi) is 10.3. The van der Waals surface area contributed by atoms with Crippen LogP contribution >= 0.6 is 12.6 Å². The lowest BCUT2D eigenvalue weighted by Crippen LogP contribution is -2.28. The molecule has 0 bridgehead atoms. The maximum absolute atomic E-state index is 11.2. The van der Waals surface area contributed by atoms with Crippen molar-refractivity contribution in [3.05, 3.63) is 107 Å². The summed E-state index contributed by atoms with van der Waals surface area (Å²) in [6.07, 6.45) is 3.51. The molecule has 0 fully saturated rings. The van der Waals surface area contributed by atoms with Crippen LogP contribution in [0, 0.1) is 23.7 Å². The molecule has 0 radical (unpaired) electrons. The molecule has 0 amide bonds. The summed E-state index contributed by atoms with van der Waals surface area (Å²) >= 11 is 4.79. The largest absolute Gasteiger partial charge is 0.489 e. The average molecular weight is 540 g/mol. The fourth-order valence-electron chi connectivity index (χ4n) is 5.01. The molecule has 0 saturated carbocycles. The molecule has 2 unspecified atom stereocenters. The first-order chi connectivity index (χ1) is 18.9. The van der Waals surface area contributed by atoms with Crippen LogP contribution in [0.5, 0.6) is 5.75 Å². The van der Waals surface area contributed by atoms with Crippen LogP contribution in [0.1, 0.15) is 54.2 Å². The van der Waals surface area contributed by atoms with Crippen LogP contribution in [0.2, 0.25) is 0 Å². The quantitative estimate of drug-likeness (QED) is 0.199. The van der Waals surface area contributed by atoms with E-state index in [1.807, 2.05) is 31.2 Å². The highest BCUT2D eigenvalue weighted by Gasteiger charge is 2.26. The fourth-order valence-corrected chi connectivity index (χ4v) is 5.55. The third kappa shape index (κ3) is 8.26. The zero-order valence-electron chi connectivity index (χ0n) is 22.7. The minimum atomic E-state index is -0.816. The van der Waals surface area contributed by atoms with Crippen LogP contribution in [0.3, 0.4) is 0 Å². The molecule has 39 heavy (non-hydrogen) atoms. The molecule has 0 saturated heterocycles. The van der Waals surface area contributed by atoms with Crippen LogP contribution in [0.4, 0.5) is 0 Å². The van der Waals surface area contributed by atoms with E-state index in [4.69, 9.17) is 17.4 Å². The molecule has 4 rings (SSSR count). The summed E-state index contributed by atoms with van der Waals surface area (Å²) in [6.45, 7) is 7.18. The Morgan fingerprint density at radius 3 is 2.33 bits per heavy atom. The minimum Gasteiger partial charge on any atom is -0.489 e. The molecule has 3 aromatic carbocycles. The number of rotatable bonds is 11. The van der Waals surface area contributed by atoms with Crippen molar-refractivity contribution in [2.75, 3.05) is 13.1 Å². The van der Waals surface area contributed by atoms with Gasteiger partial charge in [-0.25, -0.2) is 0 Å². The number of hydrogen-bond acceptors (Lipinski definition) is 4. The highest BCUT2D eigenvalue weighted by atomic mass is 32.1. The van der Waals surface area contributed by atoms with Gasteiger partial charge in [-0.2, -0.15) is 12.6 Å². The zero-order chi connectivity index (χ0) is 27.6. The molecule has 1 aliphatic rings. The summed E-state index contributed by atoms with van der Waals surface area (Å²) in [7, 11) is 0. The Balaban J connectivity index is 1.27. The molecular weight excluding hydrogens is 502 g/mol. The third-order valence-electron chi connectivity index (χ3n) is 7.25. The van der Waals surface area contributed by atoms with Crippen LogP contribution in [0.15, 0.2) is 84.9 Å². The van der Waals surface area contributed by atoms with Crippen molar-refractivity contribution in [3.63, 3.8) is 0 Å². The van der Waals surface area contributed by atoms with Gasteiger partial charge in [-0.3, -0.25) is 9.69 Å². The van der Waals surface area contributed by atoms with Crippen LogP contribution < -0.4 is 4.74 Å². The highest BCUT2D eigenvalue weighted by molar-refractivity contribution is 7.80. The first kappa shape index (κ1) is 28.5. The number of carbonyl (C=O) groups is 1. The first-order valence-electron chi connectivity index (χ1n) is 13.5. The van der Waals surface area contributed by atoms with Crippen LogP contribution in [-0.2, 0) is 17.9 Å². The Bertz CT molecular complexity index is 1310. The molecule has 4 nitrogen and oxygen atoms in total. The van der Waals surface area contributed by atoms with Gasteiger partial charge in [0.25, 0.3) is 0 Å². The predicted octanol–water partition coefficient (Wildman–Crippen LogP) is 7.28. The fraction of sp³-hybridized carbons (Fsp3) is 0.324. The third-order valence-corrected chi connectivity index (χ3v) is 7.87. The van der Waals surface area contributed by atoms with Crippen molar-refractivity contribution in [1.82, 2.24) is 4.90 Å². The standard InChI is InChI=1S/C34H37NO3S/c1-3-7-32(25(2)22-33(36)37)34(39)30-14-16-31(17-15-30)38-24-27-12-10-26(11-13-27)23-35-20-18-29(19-21-35)28-8-5-4-6-9-28/h4-6,8-18,25,32,34,39H,19-24H2,1-2H3,(H,36,37)/t25?,32-,34?/m0/s1. The zero-order valence-corrected chi connectivity index (χ0v) is 23.6. The number of aliphatic carboxylic acids is 1. The Labute approximate surface area is 238 Å². The molecule has 1 N–H and O–H groups in total. The summed E-state index contributed by atoms with van der Waals surface area (Å²) in [6, 6.07) is 27.2. The van der Waals surface area contributed by atoms with E-state index in [0.29, 0.717) is 6.61 Å². The lowest BCUT2D eigenvalue weighted by molar-refractivity contribution is -0.138. The number of carboxylic acids is 1. The maximum Gasteiger partial charge on any atom is 0.303 e. The molecule has 0 aliphatic carbocycles. The molecule has 3 atom stereocenters. The number of hydrogen-bond donors (Lipinski definition) is 2. The summed E-state index contributed by atoms with van der Waals surface area (Å²) in [5.74, 6) is 5.82. The molecule has 1 heterocycles. The van der Waals surface area contributed by atoms with E-state index >= 15 is 0 Å². The number of thiol groups is 1. The van der Waals surface area contributed by atoms with Crippen molar-refractivity contribution < 1.29 is 14.6 Å². The van der Waals surface area contributed by atoms with Gasteiger partial charge in [-0.05, 0) is 59.2 Å². The van der Waals surface area contributed by atoms with E-state index in [-0.39, 0.29) is 23.5 Å². The van der Waals surface area contributed by atoms with Gasteiger partial charge in [0.05, 0.1) is 0 Å². The number of ether oxygens (including phenoxy) is 1. The minimum absolute atomic E-state index is 0.0701. The summed E-state index contributed by atoms with van der Waals surface area (Å²) in [5, 5.41) is 9.01. The molecular formula is C34H37NO3S. The monoisotopic (exact) mass is 539 g/mol. The smallest absolute Gasteiger partial charge is 0.303 e. The van der Waals surface area contributed by atoms with E-state index in [9.17, 15) is 9.90 Å². The molecule has 5 heteroatoms. The molecule has 0 aromatic heterocycles.